The molecule has 3 heteroatoms. The van der Waals surface area contributed by atoms with Gasteiger partial charge in [-0.05, 0) is 22.0 Å². The molecule has 0 fully saturated rings. The fourth-order valence-electron chi connectivity index (χ4n) is 0.731. The molecule has 0 saturated heterocycles. The van der Waals surface area contributed by atoms with E-state index in [2.05, 4.69) is 20.9 Å². The molecular formula is C7H9BrN2. The second-order valence-corrected chi connectivity index (χ2v) is 3.08. The monoisotopic (exact) mass is 200 g/mol. The fraction of sp³-hybridized carbons (Fsp3) is 0.286. The summed E-state index contributed by atoms with van der Waals surface area (Å²) in [6.07, 6.45) is 3.56. The Morgan fingerprint density at radius 3 is 2.60 bits per heavy atom. The summed E-state index contributed by atoms with van der Waals surface area (Å²) in [7, 11) is 4.00. The Balaban J connectivity index is 3.03. The van der Waals surface area contributed by atoms with Gasteiger partial charge in [-0.15, -0.1) is 0 Å². The summed E-state index contributed by atoms with van der Waals surface area (Å²) in [6, 6.07) is 1.96. The largest absolute Gasteiger partial charge is 0.377 e. The van der Waals surface area contributed by atoms with Crippen LogP contribution in [0, 0.1) is 0 Å². The summed E-state index contributed by atoms with van der Waals surface area (Å²) in [5.74, 6) is 0. The number of hydrogen-bond acceptors (Lipinski definition) is 2. The number of halogens is 1. The van der Waals surface area contributed by atoms with Crippen LogP contribution in [0.1, 0.15) is 0 Å². The van der Waals surface area contributed by atoms with Crippen molar-refractivity contribution in [1.82, 2.24) is 4.98 Å². The molecule has 0 aromatic carbocycles. The van der Waals surface area contributed by atoms with Crippen LogP contribution in [-0.2, 0) is 0 Å². The van der Waals surface area contributed by atoms with Gasteiger partial charge in [0.05, 0.1) is 10.2 Å². The van der Waals surface area contributed by atoms with Gasteiger partial charge in [0, 0.05) is 26.5 Å². The van der Waals surface area contributed by atoms with Gasteiger partial charge in [0.1, 0.15) is 0 Å². The molecule has 0 N–H and O–H groups in total. The van der Waals surface area contributed by atoms with Crippen LogP contribution < -0.4 is 4.90 Å². The molecule has 54 valence electrons. The third kappa shape index (κ3) is 1.48. The highest BCUT2D eigenvalue weighted by Gasteiger charge is 1.98. The molecular weight excluding hydrogens is 192 g/mol. The molecule has 0 unspecified atom stereocenters. The Hall–Kier alpha value is -0.570. The first-order valence-corrected chi connectivity index (χ1v) is 3.78. The van der Waals surface area contributed by atoms with E-state index in [-0.39, 0.29) is 0 Å². The van der Waals surface area contributed by atoms with Crippen molar-refractivity contribution in [2.45, 2.75) is 0 Å². The van der Waals surface area contributed by atoms with Crippen molar-refractivity contribution in [1.29, 1.82) is 0 Å². The lowest BCUT2D eigenvalue weighted by Crippen LogP contribution is -2.08. The zero-order valence-electron chi connectivity index (χ0n) is 6.00. The lowest BCUT2D eigenvalue weighted by atomic mass is 10.4. The van der Waals surface area contributed by atoms with E-state index in [9.17, 15) is 0 Å². The number of anilines is 1. The van der Waals surface area contributed by atoms with Gasteiger partial charge in [0.15, 0.2) is 0 Å². The standard InChI is InChI=1S/C7H9BrN2/c1-10(2)7-3-4-9-5-6(7)8/h3-5H,1-2H3. The molecule has 10 heavy (non-hydrogen) atoms. The van der Waals surface area contributed by atoms with Crippen LogP contribution in [0.2, 0.25) is 0 Å². The summed E-state index contributed by atoms with van der Waals surface area (Å²) in [5.41, 5.74) is 1.15. The van der Waals surface area contributed by atoms with Gasteiger partial charge in [0.25, 0.3) is 0 Å². The smallest absolute Gasteiger partial charge is 0.0592 e. The van der Waals surface area contributed by atoms with Crippen molar-refractivity contribution in [2.24, 2.45) is 0 Å². The minimum absolute atomic E-state index is 1.03. The first-order chi connectivity index (χ1) is 4.72. The minimum atomic E-state index is 1.03. The molecule has 0 saturated carbocycles. The lowest BCUT2D eigenvalue weighted by Gasteiger charge is -2.12. The molecule has 0 bridgehead atoms. The predicted octanol–water partition coefficient (Wildman–Crippen LogP) is 1.91. The van der Waals surface area contributed by atoms with Crippen LogP contribution in [0.5, 0.6) is 0 Å². The number of pyridine rings is 1. The van der Waals surface area contributed by atoms with Crippen molar-refractivity contribution in [3.63, 3.8) is 0 Å². The van der Waals surface area contributed by atoms with E-state index in [0.29, 0.717) is 0 Å². The molecule has 0 radical (unpaired) electrons. The van der Waals surface area contributed by atoms with Crippen LogP contribution in [0.4, 0.5) is 5.69 Å². The van der Waals surface area contributed by atoms with Gasteiger partial charge >= 0.3 is 0 Å². The van der Waals surface area contributed by atoms with Crippen LogP contribution >= 0.6 is 15.9 Å². The highest BCUT2D eigenvalue weighted by molar-refractivity contribution is 9.10. The fourth-order valence-corrected chi connectivity index (χ4v) is 1.34. The maximum Gasteiger partial charge on any atom is 0.0592 e. The summed E-state index contributed by atoms with van der Waals surface area (Å²) in [4.78, 5) is 5.99. The van der Waals surface area contributed by atoms with Crippen molar-refractivity contribution >= 4 is 21.6 Å². The highest BCUT2D eigenvalue weighted by Crippen LogP contribution is 2.21. The van der Waals surface area contributed by atoms with Crippen LogP contribution in [-0.4, -0.2) is 19.1 Å². The average Bonchev–Trinajstić information content (AvgIpc) is 1.88. The Morgan fingerprint density at radius 1 is 1.50 bits per heavy atom. The van der Waals surface area contributed by atoms with Gasteiger partial charge in [-0.25, -0.2) is 0 Å². The van der Waals surface area contributed by atoms with Crippen molar-refractivity contribution in [3.8, 4) is 0 Å². The molecule has 0 amide bonds. The topological polar surface area (TPSA) is 16.1 Å². The SMILES string of the molecule is CN(C)c1ccncc1Br. The molecule has 1 rings (SSSR count). The Bertz CT molecular complexity index is 223. The van der Waals surface area contributed by atoms with Gasteiger partial charge in [-0.1, -0.05) is 0 Å². The van der Waals surface area contributed by atoms with Crippen LogP contribution in [0.25, 0.3) is 0 Å². The van der Waals surface area contributed by atoms with Crippen LogP contribution in [0.15, 0.2) is 22.9 Å². The van der Waals surface area contributed by atoms with E-state index in [1.54, 1.807) is 12.4 Å². The molecule has 0 aliphatic rings. The van der Waals surface area contributed by atoms with E-state index in [1.807, 2.05) is 25.1 Å². The number of rotatable bonds is 1. The highest BCUT2D eigenvalue weighted by atomic mass is 79.9. The summed E-state index contributed by atoms with van der Waals surface area (Å²) in [6.45, 7) is 0. The normalized spacial score (nSPS) is 9.50. The minimum Gasteiger partial charge on any atom is -0.377 e. The lowest BCUT2D eigenvalue weighted by molar-refractivity contribution is 1.11. The van der Waals surface area contributed by atoms with Crippen LogP contribution in [0.3, 0.4) is 0 Å². The van der Waals surface area contributed by atoms with E-state index in [0.717, 1.165) is 10.2 Å². The third-order valence-corrected chi connectivity index (χ3v) is 1.84. The number of nitrogens with zero attached hydrogens (tertiary/aromatic N) is 2. The second-order valence-electron chi connectivity index (χ2n) is 2.22. The molecule has 0 atom stereocenters. The Kier molecular flexibility index (Phi) is 2.27. The van der Waals surface area contributed by atoms with E-state index < -0.39 is 0 Å². The maximum absolute atomic E-state index is 3.95. The molecule has 0 aliphatic heterocycles. The molecule has 0 spiro atoms. The summed E-state index contributed by atoms with van der Waals surface area (Å²) in [5, 5.41) is 0. The van der Waals surface area contributed by atoms with Crippen molar-refractivity contribution in [3.05, 3.63) is 22.9 Å². The average molecular weight is 201 g/mol. The zero-order chi connectivity index (χ0) is 7.56. The van der Waals surface area contributed by atoms with Gasteiger partial charge in [-0.3, -0.25) is 4.98 Å². The first-order valence-electron chi connectivity index (χ1n) is 2.98. The number of aromatic nitrogens is 1. The summed E-state index contributed by atoms with van der Waals surface area (Å²) < 4.78 is 1.03. The molecule has 0 aliphatic carbocycles. The first kappa shape index (κ1) is 7.54. The van der Waals surface area contributed by atoms with E-state index in [4.69, 9.17) is 0 Å². The molecule has 2 nitrogen and oxygen atoms in total. The Labute approximate surface area is 69.0 Å². The van der Waals surface area contributed by atoms with Crippen molar-refractivity contribution in [2.75, 3.05) is 19.0 Å². The van der Waals surface area contributed by atoms with E-state index in [1.165, 1.54) is 0 Å². The molecule has 1 aromatic heterocycles. The molecule has 1 aromatic rings. The maximum atomic E-state index is 3.95. The van der Waals surface area contributed by atoms with Gasteiger partial charge in [0.2, 0.25) is 0 Å². The quantitative estimate of drug-likeness (QED) is 0.689. The van der Waals surface area contributed by atoms with E-state index >= 15 is 0 Å². The predicted molar refractivity (Wildman–Crippen MR) is 46.3 cm³/mol. The molecule has 1 heterocycles. The number of hydrogen-bond donors (Lipinski definition) is 0. The zero-order valence-corrected chi connectivity index (χ0v) is 7.59. The third-order valence-electron chi connectivity index (χ3n) is 1.23. The van der Waals surface area contributed by atoms with Gasteiger partial charge < -0.3 is 4.90 Å². The summed E-state index contributed by atoms with van der Waals surface area (Å²) >= 11 is 3.39. The van der Waals surface area contributed by atoms with Crippen molar-refractivity contribution < 1.29 is 0 Å². The second kappa shape index (κ2) is 3.01. The Morgan fingerprint density at radius 2 is 2.20 bits per heavy atom. The van der Waals surface area contributed by atoms with Gasteiger partial charge in [-0.2, -0.15) is 0 Å².